The van der Waals surface area contributed by atoms with Crippen molar-refractivity contribution in [3.05, 3.63) is 69.7 Å². The Bertz CT molecular complexity index is 1150. The van der Waals surface area contributed by atoms with Gasteiger partial charge < -0.3 is 9.69 Å². The maximum Gasteiger partial charge on any atom is 0.226 e. The summed E-state index contributed by atoms with van der Waals surface area (Å²) in [6.07, 6.45) is 1.32. The molecule has 1 heterocycles. The number of rotatable bonds is 9. The first-order valence-electron chi connectivity index (χ1n) is 11.9. The summed E-state index contributed by atoms with van der Waals surface area (Å²) in [5.41, 5.74) is 1.81. The second-order valence-corrected chi connectivity index (χ2v) is 13.4. The molecule has 8 heteroatoms. The molecule has 1 aliphatic rings. The average molecular weight is 539 g/mol. The van der Waals surface area contributed by atoms with Crippen LogP contribution in [-0.2, 0) is 19.4 Å². The SMILES string of the molecule is CC(C)[C@@H](CS(=O)(=O)C(C)C)N1C(=O)C(CC=O)CC(c2cccc(Cl)c2)C1c1ccc(Cl)cc1. The van der Waals surface area contributed by atoms with Gasteiger partial charge in [0.1, 0.15) is 6.29 Å². The predicted molar refractivity (Wildman–Crippen MR) is 142 cm³/mol. The number of amides is 1. The van der Waals surface area contributed by atoms with Gasteiger partial charge in [-0.3, -0.25) is 4.79 Å². The fourth-order valence-electron chi connectivity index (χ4n) is 4.89. The van der Waals surface area contributed by atoms with Crippen LogP contribution in [0.1, 0.15) is 63.6 Å². The fraction of sp³-hybridized carbons (Fsp3) is 0.481. The summed E-state index contributed by atoms with van der Waals surface area (Å²) >= 11 is 12.5. The van der Waals surface area contributed by atoms with Gasteiger partial charge >= 0.3 is 0 Å². The smallest absolute Gasteiger partial charge is 0.226 e. The minimum absolute atomic E-state index is 0.0848. The Morgan fingerprint density at radius 2 is 1.66 bits per heavy atom. The summed E-state index contributed by atoms with van der Waals surface area (Å²) in [6.45, 7) is 7.19. The van der Waals surface area contributed by atoms with E-state index < -0.39 is 33.1 Å². The van der Waals surface area contributed by atoms with Crippen LogP contribution in [0.5, 0.6) is 0 Å². The number of likely N-dealkylation sites (tertiary alicyclic amines) is 1. The lowest BCUT2D eigenvalue weighted by Crippen LogP contribution is -2.55. The normalized spacial score (nSPS) is 22.0. The van der Waals surface area contributed by atoms with Gasteiger partial charge in [0, 0.05) is 34.3 Å². The lowest BCUT2D eigenvalue weighted by molar-refractivity contribution is -0.148. The van der Waals surface area contributed by atoms with Gasteiger partial charge in [0.05, 0.1) is 17.0 Å². The first kappa shape index (κ1) is 27.7. The Labute approximate surface area is 218 Å². The zero-order valence-electron chi connectivity index (χ0n) is 20.5. The molecule has 0 saturated carbocycles. The summed E-state index contributed by atoms with van der Waals surface area (Å²) in [7, 11) is -3.45. The number of nitrogens with zero attached hydrogens (tertiary/aromatic N) is 1. The van der Waals surface area contributed by atoms with Gasteiger partial charge in [0.15, 0.2) is 9.84 Å². The van der Waals surface area contributed by atoms with Gasteiger partial charge in [0.25, 0.3) is 0 Å². The van der Waals surface area contributed by atoms with Crippen LogP contribution in [0.15, 0.2) is 48.5 Å². The standard InChI is InChI=1S/C27H33Cl2NO4S/c1-17(2)25(16-35(33,34)18(3)4)30-26(19-8-10-22(28)11-9-19)24(15-21(12-13-31)27(30)32)20-6-5-7-23(29)14-20/h5-11,13-14,17-18,21,24-26H,12,15-16H2,1-4H3/t21?,24?,25-,26?/m1/s1. The first-order chi connectivity index (χ1) is 16.5. The summed E-state index contributed by atoms with van der Waals surface area (Å²) in [6, 6.07) is 13.9. The Kier molecular flexibility index (Phi) is 9.06. The molecule has 1 saturated heterocycles. The molecule has 2 aromatic rings. The van der Waals surface area contributed by atoms with E-state index in [1.807, 2.05) is 44.2 Å². The van der Waals surface area contributed by atoms with Crippen molar-refractivity contribution in [2.45, 2.75) is 63.8 Å². The Balaban J connectivity index is 2.23. The number of aldehydes is 1. The van der Waals surface area contributed by atoms with Crippen molar-refractivity contribution in [2.24, 2.45) is 11.8 Å². The van der Waals surface area contributed by atoms with Crippen molar-refractivity contribution in [3.8, 4) is 0 Å². The molecule has 1 fully saturated rings. The molecule has 0 radical (unpaired) electrons. The lowest BCUT2D eigenvalue weighted by atomic mass is 9.74. The van der Waals surface area contributed by atoms with Crippen LogP contribution in [0, 0.1) is 11.8 Å². The molecule has 35 heavy (non-hydrogen) atoms. The van der Waals surface area contributed by atoms with Gasteiger partial charge in [-0.1, -0.05) is 61.3 Å². The third kappa shape index (κ3) is 6.28. The van der Waals surface area contributed by atoms with Crippen LogP contribution < -0.4 is 0 Å². The number of carbonyl (C=O) groups excluding carboxylic acids is 2. The quantitative estimate of drug-likeness (QED) is 0.362. The number of piperidine rings is 1. The molecular formula is C27H33Cl2NO4S. The molecule has 2 aromatic carbocycles. The first-order valence-corrected chi connectivity index (χ1v) is 14.4. The molecule has 0 bridgehead atoms. The summed E-state index contributed by atoms with van der Waals surface area (Å²) in [4.78, 5) is 27.2. The molecule has 3 rings (SSSR count). The molecule has 190 valence electrons. The summed E-state index contributed by atoms with van der Waals surface area (Å²) in [5.74, 6) is -1.18. The number of halogens is 2. The highest BCUT2D eigenvalue weighted by Gasteiger charge is 2.47. The van der Waals surface area contributed by atoms with E-state index in [1.165, 1.54) is 0 Å². The monoisotopic (exact) mass is 537 g/mol. The van der Waals surface area contributed by atoms with Crippen molar-refractivity contribution < 1.29 is 18.0 Å². The van der Waals surface area contributed by atoms with E-state index in [4.69, 9.17) is 23.2 Å². The van der Waals surface area contributed by atoms with Crippen LogP contribution in [0.2, 0.25) is 10.0 Å². The van der Waals surface area contributed by atoms with Crippen LogP contribution in [0.4, 0.5) is 0 Å². The van der Waals surface area contributed by atoms with E-state index >= 15 is 0 Å². The van der Waals surface area contributed by atoms with Crippen LogP contribution in [0.25, 0.3) is 0 Å². The van der Waals surface area contributed by atoms with E-state index in [0.717, 1.165) is 17.4 Å². The van der Waals surface area contributed by atoms with E-state index in [-0.39, 0.29) is 29.9 Å². The summed E-state index contributed by atoms with van der Waals surface area (Å²) in [5, 5.41) is 0.589. The predicted octanol–water partition coefficient (Wildman–Crippen LogP) is 6.10. The van der Waals surface area contributed by atoms with Gasteiger partial charge in [0.2, 0.25) is 5.91 Å². The lowest BCUT2D eigenvalue weighted by Gasteiger charge is -2.49. The van der Waals surface area contributed by atoms with Gasteiger partial charge in [-0.15, -0.1) is 0 Å². The Hall–Kier alpha value is -1.89. The number of hydrogen-bond acceptors (Lipinski definition) is 4. The maximum absolute atomic E-state index is 13.9. The van der Waals surface area contributed by atoms with Crippen LogP contribution in [0.3, 0.4) is 0 Å². The second kappa shape index (κ2) is 11.4. The largest absolute Gasteiger partial charge is 0.331 e. The summed E-state index contributed by atoms with van der Waals surface area (Å²) < 4.78 is 26.1. The molecule has 0 N–H and O–H groups in total. The molecule has 4 atom stereocenters. The molecule has 5 nitrogen and oxygen atoms in total. The number of carbonyl (C=O) groups is 2. The molecule has 0 spiro atoms. The highest BCUT2D eigenvalue weighted by Crippen LogP contribution is 2.48. The molecule has 3 unspecified atom stereocenters. The maximum atomic E-state index is 13.9. The number of hydrogen-bond donors (Lipinski definition) is 0. The van der Waals surface area contributed by atoms with Gasteiger partial charge in [-0.05, 0) is 61.6 Å². The Morgan fingerprint density at radius 1 is 1.00 bits per heavy atom. The van der Waals surface area contributed by atoms with Crippen LogP contribution >= 0.6 is 23.2 Å². The highest BCUT2D eigenvalue weighted by atomic mass is 35.5. The van der Waals surface area contributed by atoms with E-state index in [0.29, 0.717) is 16.5 Å². The van der Waals surface area contributed by atoms with Crippen molar-refractivity contribution in [1.82, 2.24) is 4.90 Å². The zero-order valence-corrected chi connectivity index (χ0v) is 22.9. The molecule has 1 amide bonds. The minimum atomic E-state index is -3.45. The molecule has 0 aromatic heterocycles. The van der Waals surface area contributed by atoms with Crippen molar-refractivity contribution in [2.75, 3.05) is 5.75 Å². The zero-order chi connectivity index (χ0) is 25.9. The van der Waals surface area contributed by atoms with E-state index in [2.05, 4.69) is 0 Å². The minimum Gasteiger partial charge on any atom is -0.331 e. The van der Waals surface area contributed by atoms with E-state index in [1.54, 1.807) is 36.9 Å². The van der Waals surface area contributed by atoms with E-state index in [9.17, 15) is 18.0 Å². The fourth-order valence-corrected chi connectivity index (χ4v) is 6.62. The third-order valence-corrected chi connectivity index (χ3v) is 9.67. The third-order valence-electron chi connectivity index (χ3n) is 6.94. The molecule has 1 aliphatic heterocycles. The number of sulfone groups is 1. The van der Waals surface area contributed by atoms with Crippen LogP contribution in [-0.4, -0.2) is 42.6 Å². The average Bonchev–Trinajstić information content (AvgIpc) is 2.79. The van der Waals surface area contributed by atoms with Crippen molar-refractivity contribution >= 4 is 45.2 Å². The number of benzene rings is 2. The van der Waals surface area contributed by atoms with Gasteiger partial charge in [-0.25, -0.2) is 8.42 Å². The highest BCUT2D eigenvalue weighted by molar-refractivity contribution is 7.92. The molecule has 0 aliphatic carbocycles. The topological polar surface area (TPSA) is 71.5 Å². The second-order valence-electron chi connectivity index (χ2n) is 9.93. The Morgan fingerprint density at radius 3 is 2.20 bits per heavy atom. The van der Waals surface area contributed by atoms with Gasteiger partial charge in [-0.2, -0.15) is 0 Å². The molecular weight excluding hydrogens is 505 g/mol. The van der Waals surface area contributed by atoms with Crippen molar-refractivity contribution in [1.29, 1.82) is 0 Å². The van der Waals surface area contributed by atoms with Crippen molar-refractivity contribution in [3.63, 3.8) is 0 Å².